The predicted octanol–water partition coefficient (Wildman–Crippen LogP) is 3.57. The van der Waals surface area contributed by atoms with Crippen molar-refractivity contribution in [3.05, 3.63) is 66.0 Å². The van der Waals surface area contributed by atoms with Gasteiger partial charge in [0, 0.05) is 32.0 Å². The summed E-state index contributed by atoms with van der Waals surface area (Å²) in [6.07, 6.45) is 0.552. The number of likely N-dealkylation sites (tertiary alicyclic amines) is 1. The molecule has 0 spiro atoms. The van der Waals surface area contributed by atoms with Gasteiger partial charge in [0.05, 0.1) is 11.0 Å². The normalized spacial score (nSPS) is 17.8. The molecule has 2 aromatic carbocycles. The number of aryl methyl sites for hydroxylation is 1. The molecule has 2 heterocycles. The molecule has 3 aromatic rings. The second kappa shape index (κ2) is 6.11. The number of hydrogen-bond acceptors (Lipinski definition) is 2. The van der Waals surface area contributed by atoms with Crippen molar-refractivity contribution in [2.45, 2.75) is 32.4 Å². The van der Waals surface area contributed by atoms with Crippen LogP contribution in [0.1, 0.15) is 30.7 Å². The van der Waals surface area contributed by atoms with Crippen molar-refractivity contribution in [2.24, 2.45) is 0 Å². The minimum absolute atomic E-state index is 0.175. The van der Waals surface area contributed by atoms with E-state index in [1.54, 1.807) is 0 Å². The zero-order valence-electron chi connectivity index (χ0n) is 13.9. The van der Waals surface area contributed by atoms with E-state index < -0.39 is 0 Å². The molecule has 1 fully saturated rings. The molecule has 1 amide bonds. The zero-order valence-corrected chi connectivity index (χ0v) is 13.9. The molecule has 0 bridgehead atoms. The molecule has 1 saturated heterocycles. The van der Waals surface area contributed by atoms with Gasteiger partial charge in [0.2, 0.25) is 5.91 Å². The van der Waals surface area contributed by atoms with Gasteiger partial charge in [0.15, 0.2) is 0 Å². The number of para-hydroxylation sites is 2. The van der Waals surface area contributed by atoms with Gasteiger partial charge in [-0.15, -0.1) is 0 Å². The summed E-state index contributed by atoms with van der Waals surface area (Å²) >= 11 is 0. The number of fused-ring (bicyclic) bond motifs is 1. The average molecular weight is 319 g/mol. The quantitative estimate of drug-likeness (QED) is 0.737. The minimum atomic E-state index is 0.175. The summed E-state index contributed by atoms with van der Waals surface area (Å²) in [5, 5.41) is 0. The molecule has 0 saturated carbocycles. The van der Waals surface area contributed by atoms with Crippen LogP contribution in [0.2, 0.25) is 0 Å². The summed E-state index contributed by atoms with van der Waals surface area (Å²) in [5.41, 5.74) is 3.35. The number of benzene rings is 2. The molecule has 4 rings (SSSR count). The zero-order chi connectivity index (χ0) is 16.5. The highest BCUT2D eigenvalue weighted by Crippen LogP contribution is 2.31. The van der Waals surface area contributed by atoms with Crippen molar-refractivity contribution in [3.8, 4) is 0 Å². The molecular formula is C20H21N3O. The molecule has 24 heavy (non-hydrogen) atoms. The molecule has 0 N–H and O–H groups in total. The minimum Gasteiger partial charge on any atom is -0.338 e. The highest BCUT2D eigenvalue weighted by Gasteiger charge is 2.33. The Bertz CT molecular complexity index is 869. The van der Waals surface area contributed by atoms with E-state index in [1.807, 2.05) is 41.3 Å². The van der Waals surface area contributed by atoms with E-state index in [2.05, 4.69) is 29.7 Å². The van der Waals surface area contributed by atoms with Gasteiger partial charge in [-0.2, -0.15) is 0 Å². The van der Waals surface area contributed by atoms with Gasteiger partial charge in [0.25, 0.3) is 0 Å². The fourth-order valence-electron chi connectivity index (χ4n) is 3.64. The third-order valence-electron chi connectivity index (χ3n) is 4.80. The summed E-state index contributed by atoms with van der Waals surface area (Å²) < 4.78 is 2.25. The van der Waals surface area contributed by atoms with Crippen LogP contribution in [0.5, 0.6) is 0 Å². The van der Waals surface area contributed by atoms with E-state index in [-0.39, 0.29) is 11.8 Å². The Labute approximate surface area is 141 Å². The maximum Gasteiger partial charge on any atom is 0.223 e. The van der Waals surface area contributed by atoms with Gasteiger partial charge in [-0.25, -0.2) is 4.98 Å². The van der Waals surface area contributed by atoms with Crippen LogP contribution in [0.15, 0.2) is 54.6 Å². The molecule has 122 valence electrons. The van der Waals surface area contributed by atoms with Crippen LogP contribution in [0.3, 0.4) is 0 Å². The Kier molecular flexibility index (Phi) is 3.81. The van der Waals surface area contributed by atoms with Crippen LogP contribution in [-0.2, 0) is 17.9 Å². The van der Waals surface area contributed by atoms with E-state index in [0.717, 1.165) is 29.9 Å². The lowest BCUT2D eigenvalue weighted by Crippen LogP contribution is -2.24. The van der Waals surface area contributed by atoms with Crippen molar-refractivity contribution in [1.82, 2.24) is 14.5 Å². The van der Waals surface area contributed by atoms with Crippen molar-refractivity contribution in [1.29, 1.82) is 0 Å². The van der Waals surface area contributed by atoms with Crippen LogP contribution < -0.4 is 0 Å². The van der Waals surface area contributed by atoms with E-state index >= 15 is 0 Å². The maximum absolute atomic E-state index is 12.5. The van der Waals surface area contributed by atoms with Crippen LogP contribution in [0.4, 0.5) is 0 Å². The standard InChI is InChI=1S/C20H21N3O/c1-2-23-18-11-7-6-10-17(18)21-20(23)16-12-19(24)22(14-16)13-15-8-4-3-5-9-15/h3-11,16H,2,12-14H2,1H3/t16-/m1/s1. The Morgan fingerprint density at radius 2 is 1.83 bits per heavy atom. The Balaban J connectivity index is 1.61. The Morgan fingerprint density at radius 1 is 1.08 bits per heavy atom. The van der Waals surface area contributed by atoms with Crippen molar-refractivity contribution >= 4 is 16.9 Å². The first-order valence-corrected chi connectivity index (χ1v) is 8.53. The summed E-state index contributed by atoms with van der Waals surface area (Å²) in [5.74, 6) is 1.44. The number of imidazole rings is 1. The second-order valence-electron chi connectivity index (χ2n) is 6.36. The van der Waals surface area contributed by atoms with Gasteiger partial charge in [0.1, 0.15) is 5.82 Å². The third-order valence-corrected chi connectivity index (χ3v) is 4.80. The number of amides is 1. The fourth-order valence-corrected chi connectivity index (χ4v) is 3.64. The van der Waals surface area contributed by atoms with E-state index in [1.165, 1.54) is 5.56 Å². The molecule has 4 nitrogen and oxygen atoms in total. The van der Waals surface area contributed by atoms with Crippen LogP contribution in [0, 0.1) is 0 Å². The molecule has 0 unspecified atom stereocenters. The SMILES string of the molecule is CCn1c([C@@H]2CC(=O)N(Cc3ccccc3)C2)nc2ccccc21. The molecule has 0 aliphatic carbocycles. The second-order valence-corrected chi connectivity index (χ2v) is 6.36. The smallest absolute Gasteiger partial charge is 0.223 e. The van der Waals surface area contributed by atoms with Gasteiger partial charge in [-0.3, -0.25) is 4.79 Å². The van der Waals surface area contributed by atoms with Crippen LogP contribution in [-0.4, -0.2) is 26.9 Å². The number of carbonyl (C=O) groups excluding carboxylic acids is 1. The topological polar surface area (TPSA) is 38.1 Å². The van der Waals surface area contributed by atoms with Gasteiger partial charge < -0.3 is 9.47 Å². The van der Waals surface area contributed by atoms with Gasteiger partial charge in [-0.05, 0) is 24.6 Å². The summed E-state index contributed by atoms with van der Waals surface area (Å²) in [4.78, 5) is 19.2. The monoisotopic (exact) mass is 319 g/mol. The number of hydrogen-bond donors (Lipinski definition) is 0. The first kappa shape index (κ1) is 14.9. The van der Waals surface area contributed by atoms with Gasteiger partial charge >= 0.3 is 0 Å². The maximum atomic E-state index is 12.5. The molecule has 0 radical (unpaired) electrons. The number of nitrogens with zero attached hydrogens (tertiary/aromatic N) is 3. The largest absolute Gasteiger partial charge is 0.338 e. The van der Waals surface area contributed by atoms with E-state index in [4.69, 9.17) is 4.98 Å². The molecular weight excluding hydrogens is 298 g/mol. The van der Waals surface area contributed by atoms with Crippen LogP contribution >= 0.6 is 0 Å². The molecule has 1 aliphatic heterocycles. The Morgan fingerprint density at radius 3 is 2.62 bits per heavy atom. The van der Waals surface area contributed by atoms with Crippen molar-refractivity contribution < 1.29 is 4.79 Å². The van der Waals surface area contributed by atoms with Gasteiger partial charge in [-0.1, -0.05) is 42.5 Å². The first-order valence-electron chi connectivity index (χ1n) is 8.53. The number of carbonyl (C=O) groups is 1. The average Bonchev–Trinajstić information content (AvgIpc) is 3.16. The highest BCUT2D eigenvalue weighted by molar-refractivity contribution is 5.81. The molecule has 1 aliphatic rings. The fraction of sp³-hybridized carbons (Fsp3) is 0.300. The molecule has 1 atom stereocenters. The lowest BCUT2D eigenvalue weighted by Gasteiger charge is -2.17. The summed E-state index contributed by atoms with van der Waals surface area (Å²) in [7, 11) is 0. The summed E-state index contributed by atoms with van der Waals surface area (Å²) in [6.45, 7) is 4.44. The predicted molar refractivity (Wildman–Crippen MR) is 94.6 cm³/mol. The first-order chi connectivity index (χ1) is 11.8. The highest BCUT2D eigenvalue weighted by atomic mass is 16.2. The lowest BCUT2D eigenvalue weighted by molar-refractivity contribution is -0.128. The number of aromatic nitrogens is 2. The summed E-state index contributed by atoms with van der Waals surface area (Å²) in [6, 6.07) is 18.4. The number of rotatable bonds is 4. The van der Waals surface area contributed by atoms with E-state index in [9.17, 15) is 4.79 Å². The lowest BCUT2D eigenvalue weighted by atomic mass is 10.1. The van der Waals surface area contributed by atoms with Crippen LogP contribution in [0.25, 0.3) is 11.0 Å². The van der Waals surface area contributed by atoms with Crippen molar-refractivity contribution in [2.75, 3.05) is 6.54 Å². The van der Waals surface area contributed by atoms with Crippen molar-refractivity contribution in [3.63, 3.8) is 0 Å². The molecule has 4 heteroatoms. The third kappa shape index (κ3) is 2.58. The molecule has 1 aromatic heterocycles. The van der Waals surface area contributed by atoms with E-state index in [0.29, 0.717) is 13.0 Å². The Hall–Kier alpha value is -2.62.